The molecule has 1 aromatic heterocycles. The van der Waals surface area contributed by atoms with Gasteiger partial charge in [-0.25, -0.2) is 4.98 Å². The molecule has 0 fully saturated rings. The summed E-state index contributed by atoms with van der Waals surface area (Å²) in [4.78, 5) is 14.1. The fraction of sp³-hybridized carbons (Fsp3) is 0.625. The van der Waals surface area contributed by atoms with Gasteiger partial charge in [-0.05, 0) is 11.8 Å². The van der Waals surface area contributed by atoms with Crippen LogP contribution in [0.4, 0.5) is 5.82 Å². The molecule has 0 aromatic carbocycles. The second-order valence-corrected chi connectivity index (χ2v) is 2.85. The van der Waals surface area contributed by atoms with Crippen molar-refractivity contribution >= 4 is 5.82 Å². The van der Waals surface area contributed by atoms with Gasteiger partial charge < -0.3 is 14.9 Å². The van der Waals surface area contributed by atoms with Crippen LogP contribution in [-0.2, 0) is 4.74 Å². The van der Waals surface area contributed by atoms with Gasteiger partial charge in [-0.2, -0.15) is 4.57 Å². The van der Waals surface area contributed by atoms with E-state index in [1.807, 2.05) is 6.92 Å². The number of aromatic nitrogens is 2. The van der Waals surface area contributed by atoms with Crippen LogP contribution in [0.3, 0.4) is 0 Å². The summed E-state index contributed by atoms with van der Waals surface area (Å²) < 4.78 is 6.74. The van der Waals surface area contributed by atoms with Crippen molar-refractivity contribution in [2.45, 2.75) is 27.0 Å². The van der Waals surface area contributed by atoms with E-state index in [4.69, 9.17) is 4.74 Å². The Kier molecular flexibility index (Phi) is 3.19. The van der Waals surface area contributed by atoms with Gasteiger partial charge in [0.25, 0.3) is 0 Å². The Hall–Kier alpha value is -1.43. The molecule has 0 bridgehead atoms. The summed E-state index contributed by atoms with van der Waals surface area (Å²) in [7, 11) is 0. The summed E-state index contributed by atoms with van der Waals surface area (Å²) in [5.41, 5.74) is 0. The van der Waals surface area contributed by atoms with Gasteiger partial charge in [-0.3, -0.25) is 0 Å². The van der Waals surface area contributed by atoms with E-state index in [0.29, 0.717) is 12.4 Å². The zero-order valence-corrected chi connectivity index (χ0v) is 8.43. The van der Waals surface area contributed by atoms with Gasteiger partial charge >= 0.3 is 5.82 Å². The van der Waals surface area contributed by atoms with Crippen LogP contribution in [0, 0.1) is 17.0 Å². The predicted molar refractivity (Wildman–Crippen MR) is 50.0 cm³/mol. The van der Waals surface area contributed by atoms with E-state index < -0.39 is 4.92 Å². The molecule has 0 N–H and O–H groups in total. The first kappa shape index (κ1) is 10.6. The molecule has 0 aliphatic rings. The SMILES string of the molecule is CCOC(C)n1c([N+](=O)[O-])cnc1C. The van der Waals surface area contributed by atoms with Gasteiger partial charge in [0.1, 0.15) is 6.20 Å². The van der Waals surface area contributed by atoms with Crippen LogP contribution in [-0.4, -0.2) is 21.1 Å². The lowest BCUT2D eigenvalue weighted by Crippen LogP contribution is -2.13. The molecule has 14 heavy (non-hydrogen) atoms. The Labute approximate surface area is 81.7 Å². The maximum atomic E-state index is 10.6. The second kappa shape index (κ2) is 4.19. The molecule has 1 atom stereocenters. The Bertz CT molecular complexity index is 335. The number of hydrogen-bond donors (Lipinski definition) is 0. The first-order valence-electron chi connectivity index (χ1n) is 4.37. The molecule has 78 valence electrons. The van der Waals surface area contributed by atoms with Gasteiger partial charge in [-0.1, -0.05) is 0 Å². The van der Waals surface area contributed by atoms with Crippen molar-refractivity contribution in [3.05, 3.63) is 22.1 Å². The van der Waals surface area contributed by atoms with Crippen LogP contribution in [0.25, 0.3) is 0 Å². The highest BCUT2D eigenvalue weighted by Gasteiger charge is 2.22. The molecule has 0 aliphatic heterocycles. The summed E-state index contributed by atoms with van der Waals surface area (Å²) in [6.07, 6.45) is 0.882. The topological polar surface area (TPSA) is 70.2 Å². The lowest BCUT2D eigenvalue weighted by atomic mass is 10.5. The molecule has 6 nitrogen and oxygen atoms in total. The molecule has 0 spiro atoms. The van der Waals surface area contributed by atoms with Crippen molar-refractivity contribution < 1.29 is 9.66 Å². The van der Waals surface area contributed by atoms with Crippen LogP contribution in [0.1, 0.15) is 25.9 Å². The summed E-state index contributed by atoms with van der Waals surface area (Å²) in [6, 6.07) is 0. The van der Waals surface area contributed by atoms with E-state index in [0.717, 1.165) is 0 Å². The third-order valence-corrected chi connectivity index (χ3v) is 1.92. The lowest BCUT2D eigenvalue weighted by molar-refractivity contribution is -0.393. The van der Waals surface area contributed by atoms with E-state index in [2.05, 4.69) is 4.98 Å². The van der Waals surface area contributed by atoms with Gasteiger partial charge in [0.15, 0.2) is 5.82 Å². The first-order valence-corrected chi connectivity index (χ1v) is 4.37. The van der Waals surface area contributed by atoms with E-state index in [-0.39, 0.29) is 12.0 Å². The minimum atomic E-state index is -0.463. The predicted octanol–water partition coefficient (Wildman–Crippen LogP) is 1.65. The number of imidazole rings is 1. The fourth-order valence-corrected chi connectivity index (χ4v) is 1.34. The normalized spacial score (nSPS) is 12.8. The molecule has 0 saturated heterocycles. The first-order chi connectivity index (χ1) is 6.57. The van der Waals surface area contributed by atoms with Gasteiger partial charge in [-0.15, -0.1) is 0 Å². The highest BCUT2D eigenvalue weighted by molar-refractivity contribution is 5.19. The molecule has 0 radical (unpaired) electrons. The molecule has 6 heteroatoms. The van der Waals surface area contributed by atoms with E-state index in [9.17, 15) is 10.1 Å². The van der Waals surface area contributed by atoms with Crippen molar-refractivity contribution in [3.63, 3.8) is 0 Å². The Morgan fingerprint density at radius 1 is 1.79 bits per heavy atom. The Morgan fingerprint density at radius 2 is 2.43 bits per heavy atom. The highest BCUT2D eigenvalue weighted by atomic mass is 16.6. The van der Waals surface area contributed by atoms with Crippen molar-refractivity contribution in [3.8, 4) is 0 Å². The maximum absolute atomic E-state index is 10.6. The van der Waals surface area contributed by atoms with Gasteiger partial charge in [0, 0.05) is 20.5 Å². The van der Waals surface area contributed by atoms with E-state index in [1.54, 1.807) is 13.8 Å². The number of aryl methyl sites for hydroxylation is 1. The standard InChI is InChI=1S/C8H13N3O3/c1-4-14-7(3)10-6(2)9-5-8(10)11(12)13/h5,7H,4H2,1-3H3. The minimum Gasteiger partial charge on any atom is -0.358 e. The van der Waals surface area contributed by atoms with Crippen molar-refractivity contribution in [1.82, 2.24) is 9.55 Å². The van der Waals surface area contributed by atoms with E-state index >= 15 is 0 Å². The molecule has 1 heterocycles. The fourth-order valence-electron chi connectivity index (χ4n) is 1.34. The van der Waals surface area contributed by atoms with Crippen LogP contribution < -0.4 is 0 Å². The zero-order valence-electron chi connectivity index (χ0n) is 8.43. The highest BCUT2D eigenvalue weighted by Crippen LogP contribution is 2.20. The smallest absolute Gasteiger partial charge is 0.345 e. The van der Waals surface area contributed by atoms with Crippen molar-refractivity contribution in [2.75, 3.05) is 6.61 Å². The van der Waals surface area contributed by atoms with Crippen LogP contribution in [0.2, 0.25) is 0 Å². The number of hydrogen-bond acceptors (Lipinski definition) is 4. The molecular formula is C8H13N3O3. The van der Waals surface area contributed by atoms with Crippen LogP contribution in [0.15, 0.2) is 6.20 Å². The summed E-state index contributed by atoms with van der Waals surface area (Å²) >= 11 is 0. The number of nitrogens with zero attached hydrogens (tertiary/aromatic N) is 3. The molecule has 0 saturated carbocycles. The quantitative estimate of drug-likeness (QED) is 0.546. The third-order valence-electron chi connectivity index (χ3n) is 1.92. The summed E-state index contributed by atoms with van der Waals surface area (Å²) in [5.74, 6) is 0.543. The molecule has 1 unspecified atom stereocenters. The summed E-state index contributed by atoms with van der Waals surface area (Å²) in [6.45, 7) is 5.82. The van der Waals surface area contributed by atoms with Crippen molar-refractivity contribution in [2.24, 2.45) is 0 Å². The van der Waals surface area contributed by atoms with Crippen LogP contribution >= 0.6 is 0 Å². The van der Waals surface area contributed by atoms with Gasteiger partial charge in [0.2, 0.25) is 6.23 Å². The number of ether oxygens (including phenoxy) is 1. The number of nitro groups is 1. The van der Waals surface area contributed by atoms with E-state index in [1.165, 1.54) is 10.8 Å². The number of rotatable bonds is 4. The average Bonchev–Trinajstić information content (AvgIpc) is 2.47. The minimum absolute atomic E-state index is 0.0385. The van der Waals surface area contributed by atoms with Gasteiger partial charge in [0.05, 0.1) is 0 Å². The molecule has 0 aliphatic carbocycles. The molecule has 0 amide bonds. The maximum Gasteiger partial charge on any atom is 0.345 e. The second-order valence-electron chi connectivity index (χ2n) is 2.85. The largest absolute Gasteiger partial charge is 0.358 e. The zero-order chi connectivity index (χ0) is 10.7. The molecular weight excluding hydrogens is 186 g/mol. The molecule has 1 rings (SSSR count). The lowest BCUT2D eigenvalue weighted by Gasteiger charge is -2.10. The molecule has 1 aromatic rings. The third kappa shape index (κ3) is 1.90. The Morgan fingerprint density at radius 3 is 2.93 bits per heavy atom. The average molecular weight is 199 g/mol. The van der Waals surface area contributed by atoms with Crippen LogP contribution in [0.5, 0.6) is 0 Å². The van der Waals surface area contributed by atoms with Crippen molar-refractivity contribution in [1.29, 1.82) is 0 Å². The summed E-state index contributed by atoms with van der Waals surface area (Å²) in [5, 5.41) is 10.6. The monoisotopic (exact) mass is 199 g/mol. The Balaban J connectivity index is 3.04.